The van der Waals surface area contributed by atoms with Crippen LogP contribution in [0.2, 0.25) is 0 Å². The van der Waals surface area contributed by atoms with E-state index in [-0.39, 0.29) is 12.6 Å². The minimum atomic E-state index is -0.812. The molecule has 0 fully saturated rings. The number of aliphatic carboxylic acids is 1. The smallest absolute Gasteiger partial charge is 0.317 e. The Bertz CT molecular complexity index is 220. The molecule has 0 spiro atoms. The van der Waals surface area contributed by atoms with Gasteiger partial charge in [0.1, 0.15) is 0 Å². The van der Waals surface area contributed by atoms with E-state index in [0.717, 1.165) is 12.8 Å². The molecule has 0 aromatic carbocycles. The van der Waals surface area contributed by atoms with Crippen molar-refractivity contribution < 1.29 is 9.90 Å². The summed E-state index contributed by atoms with van der Waals surface area (Å²) >= 11 is 0. The van der Waals surface area contributed by atoms with Crippen molar-refractivity contribution in [3.05, 3.63) is 0 Å². The fourth-order valence-electron chi connectivity index (χ4n) is 1.53. The molecule has 0 amide bonds. The van der Waals surface area contributed by atoms with Crippen molar-refractivity contribution in [3.63, 3.8) is 0 Å². The van der Waals surface area contributed by atoms with Gasteiger partial charge >= 0.3 is 5.97 Å². The highest BCUT2D eigenvalue weighted by Crippen LogP contribution is 2.09. The minimum absolute atomic E-state index is 0.0392. The highest BCUT2D eigenvalue weighted by Gasteiger charge is 2.15. The normalized spacial score (nSPS) is 12.4. The highest BCUT2D eigenvalue weighted by atomic mass is 16.4. The van der Waals surface area contributed by atoms with Crippen molar-refractivity contribution in [3.8, 4) is 12.3 Å². The monoisotopic (exact) mass is 211 g/mol. The summed E-state index contributed by atoms with van der Waals surface area (Å²) in [5.41, 5.74) is 0. The third-order valence-electron chi connectivity index (χ3n) is 2.48. The molecule has 0 aliphatic carbocycles. The second kappa shape index (κ2) is 8.31. The predicted octanol–water partition coefficient (Wildman–Crippen LogP) is 1.97. The van der Waals surface area contributed by atoms with Gasteiger partial charge in [0, 0.05) is 6.04 Å². The van der Waals surface area contributed by atoms with E-state index in [1.54, 1.807) is 0 Å². The van der Waals surface area contributed by atoms with E-state index in [1.807, 2.05) is 11.8 Å². The van der Waals surface area contributed by atoms with Crippen molar-refractivity contribution >= 4 is 5.97 Å². The van der Waals surface area contributed by atoms with Crippen LogP contribution in [0.3, 0.4) is 0 Å². The lowest BCUT2D eigenvalue weighted by atomic mass is 10.1. The number of hydrogen-bond donors (Lipinski definition) is 1. The van der Waals surface area contributed by atoms with Gasteiger partial charge in [-0.05, 0) is 13.3 Å². The molecule has 1 atom stereocenters. The molecule has 3 nitrogen and oxygen atoms in total. The van der Waals surface area contributed by atoms with Crippen LogP contribution in [-0.2, 0) is 4.79 Å². The maximum absolute atomic E-state index is 10.6. The molecule has 0 saturated carbocycles. The van der Waals surface area contributed by atoms with Gasteiger partial charge in [-0.1, -0.05) is 32.1 Å². The van der Waals surface area contributed by atoms with Crippen molar-refractivity contribution in [2.45, 2.75) is 45.6 Å². The molecule has 0 rings (SSSR count). The van der Waals surface area contributed by atoms with Gasteiger partial charge in [0.25, 0.3) is 0 Å². The lowest BCUT2D eigenvalue weighted by molar-refractivity contribution is -0.138. The van der Waals surface area contributed by atoms with Crippen LogP contribution in [0, 0.1) is 12.3 Å². The van der Waals surface area contributed by atoms with Gasteiger partial charge in [-0.2, -0.15) is 0 Å². The zero-order valence-corrected chi connectivity index (χ0v) is 9.70. The molecule has 15 heavy (non-hydrogen) atoms. The van der Waals surface area contributed by atoms with E-state index >= 15 is 0 Å². The zero-order chi connectivity index (χ0) is 11.7. The molecule has 0 bridgehead atoms. The number of carboxylic acid groups (broad SMARTS) is 1. The van der Waals surface area contributed by atoms with Crippen molar-refractivity contribution in [1.82, 2.24) is 4.90 Å². The summed E-state index contributed by atoms with van der Waals surface area (Å²) in [5, 5.41) is 8.72. The third kappa shape index (κ3) is 6.98. The Kier molecular flexibility index (Phi) is 7.75. The standard InChI is InChI=1S/C12H21NO2/c1-4-6-7-8-11(3)13(9-5-2)10-12(14)15/h2,11H,4,6-10H2,1,3H3,(H,14,15). The van der Waals surface area contributed by atoms with Gasteiger partial charge in [-0.25, -0.2) is 0 Å². The number of rotatable bonds is 8. The van der Waals surface area contributed by atoms with Gasteiger partial charge < -0.3 is 5.11 Å². The lowest BCUT2D eigenvalue weighted by Gasteiger charge is -2.25. The molecule has 0 radical (unpaired) electrons. The van der Waals surface area contributed by atoms with Crippen LogP contribution in [0.5, 0.6) is 0 Å². The molecule has 3 heteroatoms. The van der Waals surface area contributed by atoms with Gasteiger partial charge in [-0.15, -0.1) is 6.42 Å². The number of nitrogens with zero attached hydrogens (tertiary/aromatic N) is 1. The van der Waals surface area contributed by atoms with Crippen LogP contribution in [0.4, 0.5) is 0 Å². The topological polar surface area (TPSA) is 40.5 Å². The molecule has 86 valence electrons. The summed E-state index contributed by atoms with van der Waals surface area (Å²) in [6, 6.07) is 0.253. The molecule has 0 aliphatic heterocycles. The van der Waals surface area contributed by atoms with Gasteiger partial charge in [0.05, 0.1) is 13.1 Å². The molecule has 0 heterocycles. The second-order valence-electron chi connectivity index (χ2n) is 3.85. The summed E-state index contributed by atoms with van der Waals surface area (Å²) in [7, 11) is 0. The number of hydrogen-bond acceptors (Lipinski definition) is 2. The molecule has 1 N–H and O–H groups in total. The molecular weight excluding hydrogens is 190 g/mol. The largest absolute Gasteiger partial charge is 0.480 e. The molecular formula is C12H21NO2. The van der Waals surface area contributed by atoms with Crippen LogP contribution in [0.15, 0.2) is 0 Å². The quantitative estimate of drug-likeness (QED) is 0.493. The Balaban J connectivity index is 3.99. The van der Waals surface area contributed by atoms with Crippen LogP contribution in [-0.4, -0.2) is 35.1 Å². The Morgan fingerprint density at radius 2 is 2.20 bits per heavy atom. The second-order valence-corrected chi connectivity index (χ2v) is 3.85. The maximum atomic E-state index is 10.6. The Hall–Kier alpha value is -1.01. The Morgan fingerprint density at radius 3 is 2.67 bits per heavy atom. The average Bonchev–Trinajstić information content (AvgIpc) is 2.17. The SMILES string of the molecule is C#CCN(CC(=O)O)C(C)CCCCC. The number of carboxylic acids is 1. The van der Waals surface area contributed by atoms with Crippen molar-refractivity contribution in [2.75, 3.05) is 13.1 Å². The average molecular weight is 211 g/mol. The Morgan fingerprint density at radius 1 is 1.53 bits per heavy atom. The van der Waals surface area contributed by atoms with E-state index in [0.29, 0.717) is 6.54 Å². The lowest BCUT2D eigenvalue weighted by Crippen LogP contribution is -2.37. The highest BCUT2D eigenvalue weighted by molar-refractivity contribution is 5.69. The van der Waals surface area contributed by atoms with Crippen LogP contribution < -0.4 is 0 Å². The first-order valence-corrected chi connectivity index (χ1v) is 5.51. The molecule has 1 unspecified atom stereocenters. The number of carbonyl (C=O) groups is 1. The fraction of sp³-hybridized carbons (Fsp3) is 0.750. The van der Waals surface area contributed by atoms with E-state index in [1.165, 1.54) is 12.8 Å². The van der Waals surface area contributed by atoms with E-state index < -0.39 is 5.97 Å². The van der Waals surface area contributed by atoms with Crippen molar-refractivity contribution in [2.24, 2.45) is 0 Å². The molecule has 0 aromatic rings. The summed E-state index contributed by atoms with van der Waals surface area (Å²) in [5.74, 6) is 1.69. The molecule has 0 saturated heterocycles. The van der Waals surface area contributed by atoms with Gasteiger partial charge in [-0.3, -0.25) is 9.69 Å². The summed E-state index contributed by atoms with van der Waals surface area (Å²) in [6.45, 7) is 4.65. The minimum Gasteiger partial charge on any atom is -0.480 e. The molecule has 0 aliphatic rings. The Labute approximate surface area is 92.5 Å². The van der Waals surface area contributed by atoms with E-state index in [2.05, 4.69) is 12.8 Å². The first-order chi connectivity index (χ1) is 7.11. The molecule has 0 aromatic heterocycles. The zero-order valence-electron chi connectivity index (χ0n) is 9.70. The fourth-order valence-corrected chi connectivity index (χ4v) is 1.53. The predicted molar refractivity (Wildman–Crippen MR) is 61.6 cm³/mol. The van der Waals surface area contributed by atoms with Crippen LogP contribution in [0.25, 0.3) is 0 Å². The first kappa shape index (κ1) is 14.0. The van der Waals surface area contributed by atoms with Crippen molar-refractivity contribution in [1.29, 1.82) is 0 Å². The van der Waals surface area contributed by atoms with E-state index in [9.17, 15) is 4.79 Å². The summed E-state index contributed by atoms with van der Waals surface area (Å²) in [6.07, 6.45) is 9.74. The van der Waals surface area contributed by atoms with Crippen LogP contribution >= 0.6 is 0 Å². The van der Waals surface area contributed by atoms with E-state index in [4.69, 9.17) is 11.5 Å². The first-order valence-electron chi connectivity index (χ1n) is 5.51. The van der Waals surface area contributed by atoms with Crippen LogP contribution in [0.1, 0.15) is 39.5 Å². The summed E-state index contributed by atoms with van der Waals surface area (Å²) < 4.78 is 0. The summed E-state index contributed by atoms with van der Waals surface area (Å²) in [4.78, 5) is 12.4. The number of unbranched alkanes of at least 4 members (excludes halogenated alkanes) is 2. The third-order valence-corrected chi connectivity index (χ3v) is 2.48. The van der Waals surface area contributed by atoms with Gasteiger partial charge in [0.15, 0.2) is 0 Å². The number of terminal acetylenes is 1. The van der Waals surface area contributed by atoms with Gasteiger partial charge in [0.2, 0.25) is 0 Å². The maximum Gasteiger partial charge on any atom is 0.317 e.